The normalized spacial score (nSPS) is 11.0. The first-order chi connectivity index (χ1) is 14.0. The number of rotatable bonds is 8. The second kappa shape index (κ2) is 9.60. The molecule has 0 aliphatic heterocycles. The minimum absolute atomic E-state index is 0.0382. The number of fused-ring (bicyclic) bond motifs is 1. The molecule has 0 fully saturated rings. The van der Waals surface area contributed by atoms with Crippen molar-refractivity contribution in [2.24, 2.45) is 0 Å². The summed E-state index contributed by atoms with van der Waals surface area (Å²) in [4.78, 5) is 31.2. The van der Waals surface area contributed by atoms with Gasteiger partial charge in [0, 0.05) is 23.9 Å². The van der Waals surface area contributed by atoms with Crippen LogP contribution < -0.4 is 5.32 Å². The number of hydrogen-bond acceptors (Lipinski definition) is 5. The highest BCUT2D eigenvalue weighted by Gasteiger charge is 2.20. The minimum Gasteiger partial charge on any atom is -0.431 e. The van der Waals surface area contributed by atoms with Crippen LogP contribution in [0.5, 0.6) is 0 Å². The fourth-order valence-corrected chi connectivity index (χ4v) is 3.79. The van der Waals surface area contributed by atoms with Gasteiger partial charge in [0.15, 0.2) is 5.58 Å². The maximum atomic E-state index is 13.1. The van der Waals surface area contributed by atoms with Gasteiger partial charge in [-0.1, -0.05) is 42.1 Å². The Morgan fingerprint density at radius 3 is 2.59 bits per heavy atom. The van der Waals surface area contributed by atoms with Gasteiger partial charge in [0.2, 0.25) is 5.91 Å². The van der Waals surface area contributed by atoms with E-state index in [0.717, 1.165) is 16.7 Å². The summed E-state index contributed by atoms with van der Waals surface area (Å²) >= 11 is 1.44. The van der Waals surface area contributed by atoms with Gasteiger partial charge < -0.3 is 14.6 Å². The minimum atomic E-state index is -0.159. The maximum Gasteiger partial charge on any atom is 0.257 e. The molecule has 1 heterocycles. The topological polar surface area (TPSA) is 75.4 Å². The Morgan fingerprint density at radius 1 is 1.14 bits per heavy atom. The molecule has 1 N–H and O–H groups in total. The smallest absolute Gasteiger partial charge is 0.257 e. The van der Waals surface area contributed by atoms with Crippen LogP contribution in [0.3, 0.4) is 0 Å². The van der Waals surface area contributed by atoms with Gasteiger partial charge in [0.1, 0.15) is 5.52 Å². The molecule has 3 rings (SSSR count). The van der Waals surface area contributed by atoms with Crippen molar-refractivity contribution in [3.05, 3.63) is 59.7 Å². The lowest BCUT2D eigenvalue weighted by molar-refractivity contribution is -0.122. The van der Waals surface area contributed by atoms with E-state index in [2.05, 4.69) is 10.3 Å². The number of para-hydroxylation sites is 2. The molecule has 6 nitrogen and oxygen atoms in total. The van der Waals surface area contributed by atoms with Gasteiger partial charge in [-0.05, 0) is 44.5 Å². The van der Waals surface area contributed by atoms with E-state index in [1.807, 2.05) is 63.2 Å². The molecule has 1 aromatic heterocycles. The molecule has 0 saturated heterocycles. The Morgan fingerprint density at radius 2 is 1.86 bits per heavy atom. The van der Waals surface area contributed by atoms with E-state index in [9.17, 15) is 9.59 Å². The van der Waals surface area contributed by atoms with Crippen molar-refractivity contribution in [2.45, 2.75) is 37.8 Å². The maximum absolute atomic E-state index is 13.1. The molecule has 29 heavy (non-hydrogen) atoms. The van der Waals surface area contributed by atoms with Crippen molar-refractivity contribution in [3.8, 4) is 0 Å². The van der Waals surface area contributed by atoms with Crippen molar-refractivity contribution in [1.29, 1.82) is 0 Å². The molecule has 0 spiro atoms. The Kier molecular flexibility index (Phi) is 6.93. The lowest BCUT2D eigenvalue weighted by atomic mass is 10.1. The van der Waals surface area contributed by atoms with Gasteiger partial charge in [0.05, 0.1) is 6.54 Å². The molecule has 2 aromatic carbocycles. The number of carbonyl (C=O) groups is 2. The second-order valence-corrected chi connectivity index (χ2v) is 7.86. The predicted molar refractivity (Wildman–Crippen MR) is 115 cm³/mol. The third-order valence-corrected chi connectivity index (χ3v) is 5.20. The Labute approximate surface area is 174 Å². The van der Waals surface area contributed by atoms with Gasteiger partial charge in [-0.15, -0.1) is 0 Å². The van der Waals surface area contributed by atoms with Gasteiger partial charge in [-0.3, -0.25) is 9.59 Å². The number of oxazole rings is 1. The summed E-state index contributed by atoms with van der Waals surface area (Å²) in [5, 5.41) is 3.40. The summed E-state index contributed by atoms with van der Waals surface area (Å²) in [6.45, 7) is 6.16. The Balaban J connectivity index is 1.73. The highest BCUT2D eigenvalue weighted by Crippen LogP contribution is 2.27. The van der Waals surface area contributed by atoms with Gasteiger partial charge in [0.25, 0.3) is 11.1 Å². The molecule has 0 unspecified atom stereocenters. The molecule has 0 aliphatic rings. The highest BCUT2D eigenvalue weighted by atomic mass is 32.2. The Hall–Kier alpha value is -2.80. The average molecular weight is 412 g/mol. The van der Waals surface area contributed by atoms with Crippen LogP contribution in [0.15, 0.2) is 58.2 Å². The molecular formula is C22H25N3O3S. The number of likely N-dealkylation sites (N-methyl/N-ethyl adjacent to an activating group) is 1. The lowest BCUT2D eigenvalue weighted by Crippen LogP contribution is -2.42. The second-order valence-electron chi connectivity index (χ2n) is 6.93. The van der Waals surface area contributed by atoms with Crippen LogP contribution in [0, 0.1) is 0 Å². The molecule has 0 bridgehead atoms. The van der Waals surface area contributed by atoms with Crippen molar-refractivity contribution < 1.29 is 14.0 Å². The largest absolute Gasteiger partial charge is 0.431 e. The highest BCUT2D eigenvalue weighted by molar-refractivity contribution is 7.98. The van der Waals surface area contributed by atoms with E-state index in [0.29, 0.717) is 23.1 Å². The number of hydrogen-bond donors (Lipinski definition) is 1. The fourth-order valence-electron chi connectivity index (χ4n) is 2.95. The summed E-state index contributed by atoms with van der Waals surface area (Å²) in [6, 6.07) is 15.1. The van der Waals surface area contributed by atoms with Crippen LogP contribution in [-0.2, 0) is 10.5 Å². The van der Waals surface area contributed by atoms with Crippen molar-refractivity contribution in [1.82, 2.24) is 15.2 Å². The van der Waals surface area contributed by atoms with Crippen LogP contribution in [0.1, 0.15) is 36.7 Å². The SMILES string of the molecule is CCN(CC(=O)NC(C)C)C(=O)c1ccccc1CSc1nc2ccccc2o1. The average Bonchev–Trinajstić information content (AvgIpc) is 3.12. The summed E-state index contributed by atoms with van der Waals surface area (Å²) in [6.07, 6.45) is 0. The zero-order chi connectivity index (χ0) is 20.8. The van der Waals surface area contributed by atoms with Crippen LogP contribution in [0.2, 0.25) is 0 Å². The summed E-state index contributed by atoms with van der Waals surface area (Å²) in [5.41, 5.74) is 3.03. The summed E-state index contributed by atoms with van der Waals surface area (Å²) in [5.74, 6) is 0.235. The molecule has 7 heteroatoms. The van der Waals surface area contributed by atoms with E-state index in [4.69, 9.17) is 4.42 Å². The van der Waals surface area contributed by atoms with Gasteiger partial charge >= 0.3 is 0 Å². The zero-order valence-electron chi connectivity index (χ0n) is 16.8. The van der Waals surface area contributed by atoms with E-state index in [1.54, 1.807) is 11.0 Å². The number of carbonyl (C=O) groups excluding carboxylic acids is 2. The number of nitrogens with one attached hydrogen (secondary N) is 1. The molecule has 0 aliphatic carbocycles. The fraction of sp³-hybridized carbons (Fsp3) is 0.318. The molecule has 0 atom stereocenters. The predicted octanol–water partition coefficient (Wildman–Crippen LogP) is 4.11. The Bertz CT molecular complexity index is 967. The third kappa shape index (κ3) is 5.38. The first-order valence-electron chi connectivity index (χ1n) is 9.62. The van der Waals surface area contributed by atoms with E-state index in [-0.39, 0.29) is 24.4 Å². The lowest BCUT2D eigenvalue weighted by Gasteiger charge is -2.22. The first kappa shape index (κ1) is 20.9. The summed E-state index contributed by atoms with van der Waals surface area (Å²) in [7, 11) is 0. The monoisotopic (exact) mass is 411 g/mol. The third-order valence-electron chi connectivity index (χ3n) is 4.33. The van der Waals surface area contributed by atoms with Crippen LogP contribution in [0.25, 0.3) is 11.1 Å². The molecule has 152 valence electrons. The number of aromatic nitrogens is 1. The molecular weight excluding hydrogens is 386 g/mol. The standard InChI is InChI=1S/C22H25N3O3S/c1-4-25(13-20(26)23-15(2)3)21(27)17-10-6-5-9-16(17)14-29-22-24-18-11-7-8-12-19(18)28-22/h5-12,15H,4,13-14H2,1-3H3,(H,23,26). The zero-order valence-corrected chi connectivity index (χ0v) is 17.7. The van der Waals surface area contributed by atoms with E-state index >= 15 is 0 Å². The van der Waals surface area contributed by atoms with Crippen molar-refractivity contribution >= 4 is 34.7 Å². The van der Waals surface area contributed by atoms with Crippen molar-refractivity contribution in [2.75, 3.05) is 13.1 Å². The molecule has 0 radical (unpaired) electrons. The van der Waals surface area contributed by atoms with Gasteiger partial charge in [-0.25, -0.2) is 4.98 Å². The first-order valence-corrected chi connectivity index (χ1v) is 10.6. The summed E-state index contributed by atoms with van der Waals surface area (Å²) < 4.78 is 5.75. The number of nitrogens with zero attached hydrogens (tertiary/aromatic N) is 2. The molecule has 2 amide bonds. The number of thioether (sulfide) groups is 1. The molecule has 0 saturated carbocycles. The van der Waals surface area contributed by atoms with Gasteiger partial charge in [-0.2, -0.15) is 0 Å². The number of amides is 2. The molecule has 3 aromatic rings. The quantitative estimate of drug-likeness (QED) is 0.565. The van der Waals surface area contributed by atoms with Crippen LogP contribution in [-0.4, -0.2) is 40.8 Å². The van der Waals surface area contributed by atoms with Crippen LogP contribution in [0.4, 0.5) is 0 Å². The van der Waals surface area contributed by atoms with Crippen molar-refractivity contribution in [3.63, 3.8) is 0 Å². The van der Waals surface area contributed by atoms with E-state index in [1.165, 1.54) is 11.8 Å². The number of benzene rings is 2. The van der Waals surface area contributed by atoms with E-state index < -0.39 is 0 Å². The van der Waals surface area contributed by atoms with Crippen LogP contribution >= 0.6 is 11.8 Å².